The summed E-state index contributed by atoms with van der Waals surface area (Å²) in [6, 6.07) is 14.0. The van der Waals surface area contributed by atoms with E-state index in [2.05, 4.69) is 24.2 Å². The van der Waals surface area contributed by atoms with Gasteiger partial charge in [-0.25, -0.2) is 9.97 Å². The Balaban J connectivity index is 1.44. The standard InChI is InChI=1S/C22H20N6OS/c1-14-11-15(27-22-21-17(24-13-25-22)7-9-28(21)10-8-23)5-6-18(14)29-19-3-2-4-20-16(19)12-26-30-20/h2-7,9,11-13H,8,10,23H2,1H3,(H,24,25,27). The van der Waals surface area contributed by atoms with E-state index in [-0.39, 0.29) is 0 Å². The summed E-state index contributed by atoms with van der Waals surface area (Å²) in [4.78, 5) is 8.79. The molecule has 0 aliphatic heterocycles. The lowest BCUT2D eigenvalue weighted by atomic mass is 10.2. The molecule has 5 rings (SSSR count). The van der Waals surface area contributed by atoms with Crippen LogP contribution >= 0.6 is 11.5 Å². The van der Waals surface area contributed by atoms with Gasteiger partial charge in [0.15, 0.2) is 5.82 Å². The fourth-order valence-corrected chi connectivity index (χ4v) is 4.16. The number of ether oxygens (including phenoxy) is 1. The quantitative estimate of drug-likeness (QED) is 0.411. The van der Waals surface area contributed by atoms with E-state index in [0.717, 1.165) is 49.7 Å². The van der Waals surface area contributed by atoms with E-state index in [1.165, 1.54) is 11.5 Å². The first kappa shape index (κ1) is 18.5. The van der Waals surface area contributed by atoms with Gasteiger partial charge in [0.1, 0.15) is 23.3 Å². The number of aromatic nitrogens is 4. The first-order valence-corrected chi connectivity index (χ1v) is 10.4. The summed E-state index contributed by atoms with van der Waals surface area (Å²) < 4.78 is 13.6. The van der Waals surface area contributed by atoms with Crippen molar-refractivity contribution in [1.29, 1.82) is 0 Å². The van der Waals surface area contributed by atoms with E-state index >= 15 is 0 Å². The molecular formula is C22H20N6OS. The number of hydrogen-bond acceptors (Lipinski definition) is 7. The molecule has 0 aliphatic rings. The lowest BCUT2D eigenvalue weighted by Crippen LogP contribution is -2.10. The van der Waals surface area contributed by atoms with Crippen molar-refractivity contribution in [3.05, 3.63) is 66.7 Å². The minimum atomic E-state index is 0.551. The van der Waals surface area contributed by atoms with Gasteiger partial charge in [-0.1, -0.05) is 6.07 Å². The number of fused-ring (bicyclic) bond motifs is 2. The highest BCUT2D eigenvalue weighted by Crippen LogP contribution is 2.34. The smallest absolute Gasteiger partial charge is 0.158 e. The summed E-state index contributed by atoms with van der Waals surface area (Å²) in [5.74, 6) is 2.36. The molecule has 2 aromatic carbocycles. The van der Waals surface area contributed by atoms with E-state index in [9.17, 15) is 0 Å². The first-order valence-electron chi connectivity index (χ1n) is 9.62. The number of aryl methyl sites for hydroxylation is 1. The zero-order valence-electron chi connectivity index (χ0n) is 16.4. The Morgan fingerprint density at radius 3 is 2.93 bits per heavy atom. The topological polar surface area (TPSA) is 90.9 Å². The predicted molar refractivity (Wildman–Crippen MR) is 121 cm³/mol. The van der Waals surface area contributed by atoms with Gasteiger partial charge in [-0.3, -0.25) is 0 Å². The molecule has 150 valence electrons. The van der Waals surface area contributed by atoms with Crippen molar-refractivity contribution in [3.8, 4) is 11.5 Å². The molecule has 0 fully saturated rings. The molecule has 7 nitrogen and oxygen atoms in total. The fourth-order valence-electron chi connectivity index (χ4n) is 3.50. The van der Waals surface area contributed by atoms with Crippen LogP contribution in [0.3, 0.4) is 0 Å². The molecule has 8 heteroatoms. The number of nitrogens with one attached hydrogen (secondary N) is 1. The van der Waals surface area contributed by atoms with Crippen LogP contribution in [0.2, 0.25) is 0 Å². The number of hydrogen-bond donors (Lipinski definition) is 2. The molecule has 0 saturated heterocycles. The normalized spacial score (nSPS) is 11.3. The van der Waals surface area contributed by atoms with Crippen LogP contribution in [-0.4, -0.2) is 25.5 Å². The van der Waals surface area contributed by atoms with Crippen molar-refractivity contribution in [2.45, 2.75) is 13.5 Å². The SMILES string of the molecule is Cc1cc(Nc2ncnc3ccn(CCN)c23)ccc1Oc1cccc2sncc12. The number of benzene rings is 2. The Morgan fingerprint density at radius 1 is 1.13 bits per heavy atom. The molecule has 0 aliphatic carbocycles. The molecule has 3 heterocycles. The molecule has 30 heavy (non-hydrogen) atoms. The van der Waals surface area contributed by atoms with Crippen LogP contribution in [0.15, 0.2) is 61.2 Å². The molecule has 0 unspecified atom stereocenters. The van der Waals surface area contributed by atoms with Gasteiger partial charge in [0.05, 0.1) is 21.8 Å². The molecule has 0 saturated carbocycles. The molecule has 0 radical (unpaired) electrons. The Kier molecular flexibility index (Phi) is 4.78. The van der Waals surface area contributed by atoms with Crippen molar-refractivity contribution < 1.29 is 4.74 Å². The van der Waals surface area contributed by atoms with Crippen molar-refractivity contribution in [2.75, 3.05) is 11.9 Å². The van der Waals surface area contributed by atoms with Crippen molar-refractivity contribution in [2.24, 2.45) is 5.73 Å². The highest BCUT2D eigenvalue weighted by molar-refractivity contribution is 7.13. The molecule has 0 spiro atoms. The second kappa shape index (κ2) is 7.74. The number of anilines is 2. The van der Waals surface area contributed by atoms with E-state index in [1.54, 1.807) is 6.33 Å². The lowest BCUT2D eigenvalue weighted by Gasteiger charge is -2.13. The maximum atomic E-state index is 6.19. The van der Waals surface area contributed by atoms with E-state index in [1.807, 2.05) is 61.8 Å². The Bertz CT molecular complexity index is 1340. The van der Waals surface area contributed by atoms with E-state index in [0.29, 0.717) is 13.1 Å². The zero-order valence-corrected chi connectivity index (χ0v) is 17.2. The maximum Gasteiger partial charge on any atom is 0.158 e. The number of nitrogens with two attached hydrogens (primary N) is 1. The van der Waals surface area contributed by atoms with Crippen LogP contribution in [0, 0.1) is 6.92 Å². The van der Waals surface area contributed by atoms with Gasteiger partial charge in [0, 0.05) is 25.0 Å². The van der Waals surface area contributed by atoms with Crippen molar-refractivity contribution >= 4 is 44.2 Å². The first-order chi connectivity index (χ1) is 14.7. The molecule has 0 bridgehead atoms. The Hall–Kier alpha value is -3.49. The molecular weight excluding hydrogens is 396 g/mol. The van der Waals surface area contributed by atoms with Crippen LogP contribution in [0.5, 0.6) is 11.5 Å². The predicted octanol–water partition coefficient (Wildman–Crippen LogP) is 4.84. The molecule has 5 aromatic rings. The summed E-state index contributed by atoms with van der Waals surface area (Å²) in [6.45, 7) is 3.29. The average molecular weight is 417 g/mol. The van der Waals surface area contributed by atoms with Gasteiger partial charge in [0.2, 0.25) is 0 Å². The largest absolute Gasteiger partial charge is 0.456 e. The van der Waals surface area contributed by atoms with Gasteiger partial charge in [-0.15, -0.1) is 0 Å². The Morgan fingerprint density at radius 2 is 2.07 bits per heavy atom. The molecule has 3 N–H and O–H groups in total. The third-order valence-electron chi connectivity index (χ3n) is 4.94. The highest BCUT2D eigenvalue weighted by Gasteiger charge is 2.11. The minimum absolute atomic E-state index is 0.551. The maximum absolute atomic E-state index is 6.19. The van der Waals surface area contributed by atoms with Crippen LogP contribution in [0.1, 0.15) is 5.56 Å². The second-order valence-electron chi connectivity index (χ2n) is 6.96. The van der Waals surface area contributed by atoms with Gasteiger partial charge in [-0.05, 0) is 60.4 Å². The number of nitrogens with zero attached hydrogens (tertiary/aromatic N) is 4. The fraction of sp³-hybridized carbons (Fsp3) is 0.136. The zero-order chi connectivity index (χ0) is 20.5. The van der Waals surface area contributed by atoms with Gasteiger partial charge >= 0.3 is 0 Å². The number of rotatable bonds is 6. The van der Waals surface area contributed by atoms with Crippen LogP contribution in [0.4, 0.5) is 11.5 Å². The molecule has 0 amide bonds. The van der Waals surface area contributed by atoms with Gasteiger partial charge < -0.3 is 20.4 Å². The third-order valence-corrected chi connectivity index (χ3v) is 5.70. The van der Waals surface area contributed by atoms with Gasteiger partial charge in [0.25, 0.3) is 0 Å². The van der Waals surface area contributed by atoms with Crippen LogP contribution < -0.4 is 15.8 Å². The monoisotopic (exact) mass is 416 g/mol. The van der Waals surface area contributed by atoms with E-state index < -0.39 is 0 Å². The second-order valence-corrected chi connectivity index (χ2v) is 7.79. The summed E-state index contributed by atoms with van der Waals surface area (Å²) in [7, 11) is 0. The summed E-state index contributed by atoms with van der Waals surface area (Å²) in [5, 5.41) is 4.43. The van der Waals surface area contributed by atoms with Crippen LogP contribution in [-0.2, 0) is 6.54 Å². The van der Waals surface area contributed by atoms with Crippen molar-refractivity contribution in [1.82, 2.24) is 18.9 Å². The van der Waals surface area contributed by atoms with Crippen molar-refractivity contribution in [3.63, 3.8) is 0 Å². The third kappa shape index (κ3) is 3.36. The summed E-state index contributed by atoms with van der Waals surface area (Å²) >= 11 is 1.46. The lowest BCUT2D eigenvalue weighted by molar-refractivity contribution is 0.484. The molecule has 0 atom stereocenters. The highest BCUT2D eigenvalue weighted by atomic mass is 32.1. The summed E-state index contributed by atoms with van der Waals surface area (Å²) in [5.41, 5.74) is 9.51. The van der Waals surface area contributed by atoms with E-state index in [4.69, 9.17) is 10.5 Å². The van der Waals surface area contributed by atoms with Crippen LogP contribution in [0.25, 0.3) is 21.1 Å². The Labute approximate surface area is 177 Å². The minimum Gasteiger partial charge on any atom is -0.456 e. The summed E-state index contributed by atoms with van der Waals surface area (Å²) in [6.07, 6.45) is 5.40. The molecule has 3 aromatic heterocycles. The average Bonchev–Trinajstić information content (AvgIpc) is 3.39. The van der Waals surface area contributed by atoms with Gasteiger partial charge in [-0.2, -0.15) is 4.37 Å².